The summed E-state index contributed by atoms with van der Waals surface area (Å²) in [6.45, 7) is 7.73. The van der Waals surface area contributed by atoms with Crippen molar-refractivity contribution in [2.45, 2.75) is 99.6 Å². The van der Waals surface area contributed by atoms with Gasteiger partial charge in [-0.1, -0.05) is 45.7 Å². The summed E-state index contributed by atoms with van der Waals surface area (Å²) in [5.74, 6) is -0.647. The molecule has 0 spiro atoms. The third kappa shape index (κ3) is 3.15. The number of ether oxygens (including phenoxy) is 2. The molecule has 7 heteroatoms. The van der Waals surface area contributed by atoms with Gasteiger partial charge < -0.3 is 14.6 Å². The van der Waals surface area contributed by atoms with Gasteiger partial charge in [0.05, 0.1) is 5.41 Å². The van der Waals surface area contributed by atoms with Crippen LogP contribution in [0.1, 0.15) is 72.6 Å². The lowest BCUT2D eigenvalue weighted by Crippen LogP contribution is -2.59. The van der Waals surface area contributed by atoms with Gasteiger partial charge in [-0.05, 0) is 57.3 Å². The Morgan fingerprint density at radius 1 is 1.14 bits per heavy atom. The van der Waals surface area contributed by atoms with E-state index < -0.39 is 22.7 Å². The molecule has 0 aromatic heterocycles. The molecule has 5 nitrogen and oxygen atoms in total. The summed E-state index contributed by atoms with van der Waals surface area (Å²) in [6, 6.07) is 0. The monoisotopic (exact) mass is 534 g/mol. The maximum absolute atomic E-state index is 13.0. The van der Waals surface area contributed by atoms with Crippen molar-refractivity contribution >= 4 is 43.8 Å². The van der Waals surface area contributed by atoms with Gasteiger partial charge in [0, 0.05) is 28.4 Å². The molecule has 1 N–H and O–H groups in total. The van der Waals surface area contributed by atoms with E-state index in [0.717, 1.165) is 25.7 Å². The largest absolute Gasteiger partial charge is 0.459 e. The minimum Gasteiger partial charge on any atom is -0.459 e. The van der Waals surface area contributed by atoms with E-state index >= 15 is 0 Å². The molecule has 0 amide bonds. The van der Waals surface area contributed by atoms with Crippen molar-refractivity contribution in [2.75, 3.05) is 0 Å². The molecule has 1 heterocycles. The van der Waals surface area contributed by atoms with E-state index in [1.54, 1.807) is 0 Å². The van der Waals surface area contributed by atoms with Crippen LogP contribution < -0.4 is 0 Å². The summed E-state index contributed by atoms with van der Waals surface area (Å²) >= 11 is 7.55. The van der Waals surface area contributed by atoms with Gasteiger partial charge in [0.15, 0.2) is 0 Å². The number of carbonyl (C=O) groups is 2. The van der Waals surface area contributed by atoms with E-state index in [9.17, 15) is 14.7 Å². The number of carbonyl (C=O) groups excluding carboxylic acids is 2. The van der Waals surface area contributed by atoms with E-state index in [-0.39, 0.29) is 34.0 Å². The summed E-state index contributed by atoms with van der Waals surface area (Å²) in [7, 11) is 0. The number of hydrogen-bond acceptors (Lipinski definition) is 5. The van der Waals surface area contributed by atoms with E-state index in [2.05, 4.69) is 45.7 Å². The molecule has 1 aliphatic heterocycles. The summed E-state index contributed by atoms with van der Waals surface area (Å²) < 4.78 is 11.9. The number of halogens is 2. The first-order valence-electron chi connectivity index (χ1n) is 10.8. The second-order valence-electron chi connectivity index (χ2n) is 10.7. The highest BCUT2D eigenvalue weighted by Crippen LogP contribution is 2.68. The van der Waals surface area contributed by atoms with Crippen LogP contribution >= 0.6 is 31.9 Å². The Morgan fingerprint density at radius 3 is 2.41 bits per heavy atom. The molecule has 4 rings (SSSR count). The Morgan fingerprint density at radius 2 is 1.79 bits per heavy atom. The maximum Gasteiger partial charge on any atom is 0.314 e. The van der Waals surface area contributed by atoms with Crippen LogP contribution in [-0.4, -0.2) is 44.0 Å². The third-order valence-corrected chi connectivity index (χ3v) is 11.3. The molecule has 0 aromatic rings. The molecule has 164 valence electrons. The van der Waals surface area contributed by atoms with Crippen LogP contribution in [0.3, 0.4) is 0 Å². The highest BCUT2D eigenvalue weighted by molar-refractivity contribution is 9.09. The highest BCUT2D eigenvalue weighted by Gasteiger charge is 2.74. The van der Waals surface area contributed by atoms with Gasteiger partial charge in [0.2, 0.25) is 0 Å². The van der Waals surface area contributed by atoms with Crippen molar-refractivity contribution in [2.24, 2.45) is 22.7 Å². The molecule has 4 aliphatic rings. The van der Waals surface area contributed by atoms with Gasteiger partial charge in [-0.3, -0.25) is 9.59 Å². The zero-order valence-corrected chi connectivity index (χ0v) is 20.8. The van der Waals surface area contributed by atoms with E-state index in [1.165, 1.54) is 6.92 Å². The molecule has 4 fully saturated rings. The lowest BCUT2D eigenvalue weighted by Gasteiger charge is -2.51. The molecular weight excluding hydrogens is 504 g/mol. The number of hydrogen-bond donors (Lipinski definition) is 1. The second-order valence-corrected chi connectivity index (χ2v) is 12.9. The fourth-order valence-corrected chi connectivity index (χ4v) is 8.48. The zero-order valence-electron chi connectivity index (χ0n) is 17.7. The van der Waals surface area contributed by atoms with Gasteiger partial charge in [-0.2, -0.15) is 0 Å². The average molecular weight is 536 g/mol. The Labute approximate surface area is 189 Å². The first-order chi connectivity index (χ1) is 13.4. The summed E-state index contributed by atoms with van der Waals surface area (Å²) in [5, 5.41) is 11.9. The Balaban J connectivity index is 1.74. The second kappa shape index (κ2) is 6.93. The van der Waals surface area contributed by atoms with E-state index in [0.29, 0.717) is 24.1 Å². The van der Waals surface area contributed by atoms with Crippen LogP contribution in [0.4, 0.5) is 0 Å². The lowest BCUT2D eigenvalue weighted by atomic mass is 9.58. The van der Waals surface area contributed by atoms with Crippen LogP contribution in [0.2, 0.25) is 0 Å². The summed E-state index contributed by atoms with van der Waals surface area (Å²) in [4.78, 5) is 25.5. The molecule has 3 aliphatic carbocycles. The predicted molar refractivity (Wildman–Crippen MR) is 116 cm³/mol. The van der Waals surface area contributed by atoms with Crippen molar-refractivity contribution in [1.82, 2.24) is 0 Å². The molecule has 0 unspecified atom stereocenters. The van der Waals surface area contributed by atoms with E-state index in [4.69, 9.17) is 9.47 Å². The highest BCUT2D eigenvalue weighted by atomic mass is 79.9. The van der Waals surface area contributed by atoms with Crippen LogP contribution in [0.15, 0.2) is 0 Å². The van der Waals surface area contributed by atoms with Crippen LogP contribution in [-0.2, 0) is 19.1 Å². The standard InChI is InChI=1S/C22H32Br2O5/c1-12(25)28-17(21(27)9-7-14(23)19(2,3)11-21)13-5-10-22-15(24)6-8-20(4,16(13)22)29-18(22)26/h13-17,27H,5-11H2,1-4H3/t13-,14+,15+,16-,17-,20+,21-,22+/m1/s1. The number of rotatable bonds is 3. The van der Waals surface area contributed by atoms with Crippen LogP contribution in [0.5, 0.6) is 0 Å². The van der Waals surface area contributed by atoms with Crippen molar-refractivity contribution in [1.29, 1.82) is 0 Å². The van der Waals surface area contributed by atoms with Gasteiger partial charge in [0.1, 0.15) is 17.3 Å². The van der Waals surface area contributed by atoms with Crippen molar-refractivity contribution in [3.63, 3.8) is 0 Å². The van der Waals surface area contributed by atoms with Crippen molar-refractivity contribution in [3.8, 4) is 0 Å². The first-order valence-corrected chi connectivity index (χ1v) is 12.6. The average Bonchev–Trinajstić information content (AvgIpc) is 3.09. The third-order valence-electron chi connectivity index (χ3n) is 8.34. The quantitative estimate of drug-likeness (QED) is 0.425. The maximum atomic E-state index is 13.0. The van der Waals surface area contributed by atoms with Crippen molar-refractivity contribution in [3.05, 3.63) is 0 Å². The molecule has 2 bridgehead atoms. The summed E-state index contributed by atoms with van der Waals surface area (Å²) in [5.41, 5.74) is -2.36. The van der Waals surface area contributed by atoms with Gasteiger partial charge in [-0.25, -0.2) is 0 Å². The topological polar surface area (TPSA) is 72.8 Å². The Bertz CT molecular complexity index is 726. The molecule has 1 saturated heterocycles. The fraction of sp³-hybridized carbons (Fsp3) is 0.909. The van der Waals surface area contributed by atoms with Gasteiger partial charge in [-0.15, -0.1) is 0 Å². The molecule has 8 atom stereocenters. The molecule has 0 aromatic carbocycles. The lowest BCUT2D eigenvalue weighted by molar-refractivity contribution is -0.191. The van der Waals surface area contributed by atoms with Gasteiger partial charge >= 0.3 is 11.9 Å². The van der Waals surface area contributed by atoms with Crippen molar-refractivity contribution < 1.29 is 24.2 Å². The zero-order chi connectivity index (χ0) is 21.4. The number of esters is 2. The molecule has 29 heavy (non-hydrogen) atoms. The predicted octanol–water partition coefficient (Wildman–Crippen LogP) is 4.51. The van der Waals surface area contributed by atoms with Crippen LogP contribution in [0.25, 0.3) is 0 Å². The normalized spacial score (nSPS) is 49.3. The Hall–Kier alpha value is -0.140. The SMILES string of the molecule is CC(=O)O[C@H]([C@@H]1CC[C@]23C(=O)O[C@@](C)(CC[C@@H]2Br)[C@@H]13)[C@@]1(O)CC[C@H](Br)C(C)(C)C1. The number of alkyl halides is 2. The minimum absolute atomic E-state index is 0.0567. The molecular formula is C22H32Br2O5. The number of aliphatic hydroxyl groups is 1. The van der Waals surface area contributed by atoms with Gasteiger partial charge in [0.25, 0.3) is 0 Å². The summed E-state index contributed by atoms with van der Waals surface area (Å²) in [6.07, 6.45) is 4.47. The fourth-order valence-electron chi connectivity index (χ4n) is 7.16. The Kier molecular flexibility index (Phi) is 5.27. The molecule has 3 saturated carbocycles. The smallest absolute Gasteiger partial charge is 0.314 e. The van der Waals surface area contributed by atoms with Crippen LogP contribution in [0, 0.1) is 22.7 Å². The first kappa shape index (κ1) is 22.1. The molecule has 0 radical (unpaired) electrons. The minimum atomic E-state index is -1.10. The van der Waals surface area contributed by atoms with E-state index in [1.807, 2.05) is 6.92 Å².